The molecular formula is C24H32N4O3S. The van der Waals surface area contributed by atoms with E-state index in [4.69, 9.17) is 9.73 Å². The van der Waals surface area contributed by atoms with Gasteiger partial charge >= 0.3 is 0 Å². The summed E-state index contributed by atoms with van der Waals surface area (Å²) >= 11 is 0. The van der Waals surface area contributed by atoms with Gasteiger partial charge in [-0.25, -0.2) is 8.42 Å². The van der Waals surface area contributed by atoms with Crippen molar-refractivity contribution in [3.05, 3.63) is 59.2 Å². The van der Waals surface area contributed by atoms with Crippen molar-refractivity contribution in [2.24, 2.45) is 4.99 Å². The van der Waals surface area contributed by atoms with Crippen molar-refractivity contribution in [2.45, 2.75) is 43.7 Å². The predicted molar refractivity (Wildman–Crippen MR) is 127 cm³/mol. The zero-order valence-electron chi connectivity index (χ0n) is 19.0. The predicted octanol–water partition coefficient (Wildman–Crippen LogP) is 2.63. The van der Waals surface area contributed by atoms with Crippen molar-refractivity contribution in [2.75, 3.05) is 33.3 Å². The Bertz CT molecular complexity index is 1090. The molecule has 0 atom stereocenters. The first-order valence-corrected chi connectivity index (χ1v) is 12.5. The van der Waals surface area contributed by atoms with E-state index in [1.165, 1.54) is 0 Å². The average molecular weight is 457 g/mol. The number of amidine groups is 1. The van der Waals surface area contributed by atoms with E-state index in [0.717, 1.165) is 41.4 Å². The Balaban J connectivity index is 1.46. The topological polar surface area (TPSA) is 83.0 Å². The third kappa shape index (κ3) is 4.53. The van der Waals surface area contributed by atoms with Crippen LogP contribution in [0.25, 0.3) is 0 Å². The highest BCUT2D eigenvalue weighted by Gasteiger charge is 2.43. The molecule has 2 heterocycles. The van der Waals surface area contributed by atoms with E-state index in [0.29, 0.717) is 37.4 Å². The Morgan fingerprint density at radius 1 is 1.12 bits per heavy atom. The molecule has 0 radical (unpaired) electrons. The smallest absolute Gasteiger partial charge is 0.243 e. The minimum Gasteiger partial charge on any atom is -0.497 e. The molecule has 2 aromatic rings. The second-order valence-electron chi connectivity index (χ2n) is 8.61. The summed E-state index contributed by atoms with van der Waals surface area (Å²) < 4.78 is 33.5. The first-order valence-electron chi connectivity index (χ1n) is 11.1. The van der Waals surface area contributed by atoms with Crippen LogP contribution in [-0.4, -0.2) is 57.4 Å². The minimum absolute atomic E-state index is 0.307. The van der Waals surface area contributed by atoms with Crippen LogP contribution in [0.2, 0.25) is 0 Å². The van der Waals surface area contributed by atoms with Crippen molar-refractivity contribution in [3.63, 3.8) is 0 Å². The summed E-state index contributed by atoms with van der Waals surface area (Å²) in [5, 5.41) is 7.15. The summed E-state index contributed by atoms with van der Waals surface area (Å²) in [5.41, 5.74) is 2.58. The maximum atomic E-state index is 13.3. The molecule has 2 aliphatic heterocycles. The van der Waals surface area contributed by atoms with Gasteiger partial charge in [-0.05, 0) is 61.6 Å². The molecule has 4 rings (SSSR count). The molecule has 172 valence electrons. The molecule has 0 aromatic heterocycles. The molecule has 7 nitrogen and oxygen atoms in total. The van der Waals surface area contributed by atoms with Gasteiger partial charge < -0.3 is 15.4 Å². The third-order valence-electron chi connectivity index (χ3n) is 6.45. The average Bonchev–Trinajstić information content (AvgIpc) is 2.81. The maximum Gasteiger partial charge on any atom is 0.243 e. The van der Waals surface area contributed by atoms with Gasteiger partial charge in [-0.15, -0.1) is 0 Å². The van der Waals surface area contributed by atoms with Crippen molar-refractivity contribution in [1.29, 1.82) is 0 Å². The number of hydrogen-bond donors (Lipinski definition) is 2. The fourth-order valence-corrected chi connectivity index (χ4v) is 6.25. The van der Waals surface area contributed by atoms with E-state index >= 15 is 0 Å². The molecule has 1 spiro atoms. The number of nitrogens with one attached hydrogen (secondary N) is 2. The van der Waals surface area contributed by atoms with E-state index in [9.17, 15) is 8.42 Å². The zero-order chi connectivity index (χ0) is 22.8. The first-order chi connectivity index (χ1) is 15.3. The number of aryl methyl sites for hydroxylation is 2. The molecule has 2 aliphatic rings. The van der Waals surface area contributed by atoms with Crippen LogP contribution in [0.5, 0.6) is 5.75 Å². The number of nitrogens with zero attached hydrogens (tertiary/aromatic N) is 2. The lowest BCUT2D eigenvalue weighted by Crippen LogP contribution is -2.64. The highest BCUT2D eigenvalue weighted by Crippen LogP contribution is 2.30. The summed E-state index contributed by atoms with van der Waals surface area (Å²) in [6.45, 7) is 6.89. The van der Waals surface area contributed by atoms with Crippen LogP contribution in [0, 0.1) is 13.8 Å². The van der Waals surface area contributed by atoms with E-state index in [2.05, 4.69) is 10.6 Å². The lowest BCUT2D eigenvalue weighted by molar-refractivity contribution is 0.241. The van der Waals surface area contributed by atoms with E-state index < -0.39 is 10.0 Å². The van der Waals surface area contributed by atoms with Crippen LogP contribution in [0.3, 0.4) is 0 Å². The van der Waals surface area contributed by atoms with Gasteiger partial charge in [0.1, 0.15) is 11.6 Å². The van der Waals surface area contributed by atoms with Crippen molar-refractivity contribution >= 4 is 15.9 Å². The van der Waals surface area contributed by atoms with Crippen LogP contribution in [0.4, 0.5) is 0 Å². The molecule has 2 aromatic carbocycles. The normalized spacial score (nSPS) is 18.9. The highest BCUT2D eigenvalue weighted by molar-refractivity contribution is 7.89. The molecule has 0 bridgehead atoms. The molecule has 0 unspecified atom stereocenters. The van der Waals surface area contributed by atoms with Gasteiger partial charge in [0.05, 0.1) is 24.1 Å². The van der Waals surface area contributed by atoms with Gasteiger partial charge in [-0.2, -0.15) is 4.31 Å². The first kappa shape index (κ1) is 22.8. The molecule has 0 amide bonds. The summed E-state index contributed by atoms with van der Waals surface area (Å²) in [6, 6.07) is 13.6. The van der Waals surface area contributed by atoms with E-state index in [-0.39, 0.29) is 5.54 Å². The molecule has 0 saturated carbocycles. The second kappa shape index (κ2) is 9.21. The van der Waals surface area contributed by atoms with Crippen molar-refractivity contribution in [3.8, 4) is 5.75 Å². The van der Waals surface area contributed by atoms with Gasteiger partial charge in [0.15, 0.2) is 0 Å². The quantitative estimate of drug-likeness (QED) is 0.723. The summed E-state index contributed by atoms with van der Waals surface area (Å²) in [5.74, 6) is 1.77. The monoisotopic (exact) mass is 456 g/mol. The van der Waals surface area contributed by atoms with E-state index in [1.807, 2.05) is 50.2 Å². The molecular weight excluding hydrogens is 424 g/mol. The van der Waals surface area contributed by atoms with Crippen molar-refractivity contribution in [1.82, 2.24) is 14.9 Å². The van der Waals surface area contributed by atoms with Crippen LogP contribution < -0.4 is 15.4 Å². The van der Waals surface area contributed by atoms with Crippen LogP contribution >= 0.6 is 0 Å². The number of piperidine rings is 1. The molecule has 1 fully saturated rings. The SMILES string of the molecule is COc1ccc(CNC2=NCCNC23CCN(S(=O)(=O)c2cc(C)ccc2C)CC3)cc1. The molecule has 0 aliphatic carbocycles. The van der Waals surface area contributed by atoms with Gasteiger partial charge in [0.25, 0.3) is 0 Å². The lowest BCUT2D eigenvalue weighted by Gasteiger charge is -2.44. The summed E-state index contributed by atoms with van der Waals surface area (Å²) in [6.07, 6.45) is 1.37. The minimum atomic E-state index is -3.52. The third-order valence-corrected chi connectivity index (χ3v) is 8.50. The fourth-order valence-electron chi connectivity index (χ4n) is 4.50. The van der Waals surface area contributed by atoms with E-state index in [1.54, 1.807) is 17.5 Å². The van der Waals surface area contributed by atoms with Gasteiger partial charge in [0, 0.05) is 26.2 Å². The Kier molecular flexibility index (Phi) is 6.55. The zero-order valence-corrected chi connectivity index (χ0v) is 19.8. The largest absolute Gasteiger partial charge is 0.497 e. The van der Waals surface area contributed by atoms with Crippen LogP contribution in [-0.2, 0) is 16.6 Å². The number of hydrogen-bond acceptors (Lipinski definition) is 6. The standard InChI is InChI=1S/C24H32N4O3S/c1-18-4-5-19(2)22(16-18)32(29,30)28-14-10-24(11-15-28)23(25-12-13-27-24)26-17-20-6-8-21(31-3)9-7-20/h4-9,16,27H,10-15,17H2,1-3H3,(H,25,26). The number of rotatable bonds is 5. The molecule has 32 heavy (non-hydrogen) atoms. The number of benzene rings is 2. The summed E-state index contributed by atoms with van der Waals surface area (Å²) in [7, 11) is -1.86. The molecule has 8 heteroatoms. The molecule has 1 saturated heterocycles. The van der Waals surface area contributed by atoms with Crippen LogP contribution in [0.1, 0.15) is 29.5 Å². The van der Waals surface area contributed by atoms with Crippen molar-refractivity contribution < 1.29 is 13.2 Å². The number of ether oxygens (including phenoxy) is 1. The van der Waals surface area contributed by atoms with Gasteiger partial charge in [0.2, 0.25) is 10.0 Å². The molecule has 2 N–H and O–H groups in total. The van der Waals surface area contributed by atoms with Gasteiger partial charge in [-0.3, -0.25) is 4.99 Å². The van der Waals surface area contributed by atoms with Crippen LogP contribution in [0.15, 0.2) is 52.4 Å². The lowest BCUT2D eigenvalue weighted by atomic mass is 9.85. The maximum absolute atomic E-state index is 13.3. The number of aliphatic imine (C=N–C) groups is 1. The highest BCUT2D eigenvalue weighted by atomic mass is 32.2. The Labute approximate surface area is 190 Å². The fraction of sp³-hybridized carbons (Fsp3) is 0.458. The Hall–Kier alpha value is -2.42. The number of methoxy groups -OCH3 is 1. The number of sulfonamides is 1. The Morgan fingerprint density at radius 3 is 2.53 bits per heavy atom. The summed E-state index contributed by atoms with van der Waals surface area (Å²) in [4.78, 5) is 5.19. The second-order valence-corrected chi connectivity index (χ2v) is 10.5. The van der Waals surface area contributed by atoms with Gasteiger partial charge in [-0.1, -0.05) is 24.3 Å². The Morgan fingerprint density at radius 2 is 1.84 bits per heavy atom.